The van der Waals surface area contributed by atoms with Crippen LogP contribution in [0.25, 0.3) is 0 Å². The number of hydrogen-bond acceptors (Lipinski definition) is 2. The summed E-state index contributed by atoms with van der Waals surface area (Å²) in [4.78, 5) is 0. The molecule has 110 valence electrons. The molecule has 0 rings (SSSR count). The van der Waals surface area contributed by atoms with Crippen LogP contribution >= 0.6 is 0 Å². The standard InChI is InChI=1S/C14H28F2O2/c1-2-3-4-5-6-7-8-9-13(17)10-11-18-12-14(15)16/h13-14,17H,2-12H2,1H3. The third-order valence-corrected chi connectivity index (χ3v) is 2.98. The van der Waals surface area contributed by atoms with E-state index >= 15 is 0 Å². The first-order valence-electron chi connectivity index (χ1n) is 7.20. The fourth-order valence-corrected chi connectivity index (χ4v) is 1.87. The molecule has 0 amide bonds. The van der Waals surface area contributed by atoms with Gasteiger partial charge in [0.15, 0.2) is 0 Å². The summed E-state index contributed by atoms with van der Waals surface area (Å²) in [6.07, 6.45) is 6.95. The molecule has 0 saturated carbocycles. The largest absolute Gasteiger partial charge is 0.393 e. The lowest BCUT2D eigenvalue weighted by Gasteiger charge is -2.10. The summed E-state index contributed by atoms with van der Waals surface area (Å²) in [5, 5.41) is 9.59. The minimum Gasteiger partial charge on any atom is -0.393 e. The van der Waals surface area contributed by atoms with Crippen LogP contribution in [0.2, 0.25) is 0 Å². The molecule has 0 aliphatic rings. The number of aliphatic hydroxyl groups excluding tert-OH is 1. The van der Waals surface area contributed by atoms with Crippen molar-refractivity contribution < 1.29 is 18.6 Å². The first-order valence-corrected chi connectivity index (χ1v) is 7.20. The molecule has 18 heavy (non-hydrogen) atoms. The smallest absolute Gasteiger partial charge is 0.261 e. The van der Waals surface area contributed by atoms with E-state index in [1.165, 1.54) is 32.1 Å². The molecular weight excluding hydrogens is 238 g/mol. The van der Waals surface area contributed by atoms with E-state index in [2.05, 4.69) is 6.92 Å². The van der Waals surface area contributed by atoms with E-state index in [0.29, 0.717) is 6.42 Å². The zero-order chi connectivity index (χ0) is 13.6. The van der Waals surface area contributed by atoms with Crippen LogP contribution in [0.5, 0.6) is 0 Å². The summed E-state index contributed by atoms with van der Waals surface area (Å²) < 4.78 is 28.2. The van der Waals surface area contributed by atoms with Crippen molar-refractivity contribution in [2.75, 3.05) is 13.2 Å². The van der Waals surface area contributed by atoms with E-state index in [9.17, 15) is 13.9 Å². The van der Waals surface area contributed by atoms with Gasteiger partial charge in [0.25, 0.3) is 6.43 Å². The highest BCUT2D eigenvalue weighted by molar-refractivity contribution is 4.56. The predicted molar refractivity (Wildman–Crippen MR) is 70.1 cm³/mol. The highest BCUT2D eigenvalue weighted by Crippen LogP contribution is 2.11. The predicted octanol–water partition coefficient (Wildman–Crippen LogP) is 4.16. The maximum atomic E-state index is 11.7. The van der Waals surface area contributed by atoms with Gasteiger partial charge in [-0.1, -0.05) is 51.9 Å². The summed E-state index contributed by atoms with van der Waals surface area (Å²) in [7, 11) is 0. The Morgan fingerprint density at radius 1 is 0.944 bits per heavy atom. The van der Waals surface area contributed by atoms with Gasteiger partial charge in [-0.3, -0.25) is 0 Å². The zero-order valence-corrected chi connectivity index (χ0v) is 11.5. The Hall–Kier alpha value is -0.220. The molecule has 0 aromatic heterocycles. The summed E-state index contributed by atoms with van der Waals surface area (Å²) >= 11 is 0. The molecule has 0 aromatic carbocycles. The van der Waals surface area contributed by atoms with Gasteiger partial charge >= 0.3 is 0 Å². The number of unbranched alkanes of at least 4 members (excludes halogenated alkanes) is 6. The fraction of sp³-hybridized carbons (Fsp3) is 1.00. The quantitative estimate of drug-likeness (QED) is 0.507. The van der Waals surface area contributed by atoms with Crippen LogP contribution in [0.1, 0.15) is 64.7 Å². The number of alkyl halides is 2. The maximum absolute atomic E-state index is 11.7. The Labute approximate surface area is 110 Å². The molecule has 1 N–H and O–H groups in total. The summed E-state index contributed by atoms with van der Waals surface area (Å²) in [5.74, 6) is 0. The molecule has 2 nitrogen and oxygen atoms in total. The van der Waals surface area contributed by atoms with E-state index in [-0.39, 0.29) is 6.61 Å². The monoisotopic (exact) mass is 266 g/mol. The molecule has 0 heterocycles. The van der Waals surface area contributed by atoms with Crippen molar-refractivity contribution >= 4 is 0 Å². The molecule has 1 unspecified atom stereocenters. The SMILES string of the molecule is CCCCCCCCCC(O)CCOCC(F)F. The van der Waals surface area contributed by atoms with Crippen molar-refractivity contribution in [3.63, 3.8) is 0 Å². The lowest BCUT2D eigenvalue weighted by molar-refractivity contribution is 0.00400. The normalized spacial score (nSPS) is 13.2. The third-order valence-electron chi connectivity index (χ3n) is 2.98. The van der Waals surface area contributed by atoms with Gasteiger partial charge < -0.3 is 9.84 Å². The van der Waals surface area contributed by atoms with E-state index < -0.39 is 19.1 Å². The van der Waals surface area contributed by atoms with E-state index in [4.69, 9.17) is 4.74 Å². The molecule has 0 saturated heterocycles. The molecule has 0 fully saturated rings. The first kappa shape index (κ1) is 17.8. The average Bonchev–Trinajstić information content (AvgIpc) is 2.33. The molecule has 0 spiro atoms. The number of hydrogen-bond donors (Lipinski definition) is 1. The Kier molecular flexibility index (Phi) is 13.1. The molecule has 1 atom stereocenters. The molecule has 4 heteroatoms. The van der Waals surface area contributed by atoms with Crippen LogP contribution in [0.4, 0.5) is 8.78 Å². The lowest BCUT2D eigenvalue weighted by atomic mass is 10.1. The van der Waals surface area contributed by atoms with Crippen molar-refractivity contribution in [2.45, 2.75) is 77.2 Å². The highest BCUT2D eigenvalue weighted by Gasteiger charge is 2.06. The average molecular weight is 266 g/mol. The second-order valence-corrected chi connectivity index (χ2v) is 4.82. The second-order valence-electron chi connectivity index (χ2n) is 4.82. The third kappa shape index (κ3) is 13.8. The van der Waals surface area contributed by atoms with Gasteiger partial charge in [0.05, 0.1) is 6.10 Å². The van der Waals surface area contributed by atoms with Crippen molar-refractivity contribution in [3.8, 4) is 0 Å². The first-order chi connectivity index (χ1) is 8.66. The maximum Gasteiger partial charge on any atom is 0.261 e. The van der Waals surface area contributed by atoms with Crippen molar-refractivity contribution in [2.24, 2.45) is 0 Å². The molecule has 0 aliphatic carbocycles. The van der Waals surface area contributed by atoms with Crippen molar-refractivity contribution in [3.05, 3.63) is 0 Å². The van der Waals surface area contributed by atoms with Gasteiger partial charge in [0, 0.05) is 6.61 Å². The second kappa shape index (κ2) is 13.2. The number of halogens is 2. The van der Waals surface area contributed by atoms with Gasteiger partial charge in [0.2, 0.25) is 0 Å². The number of rotatable bonds is 13. The minimum absolute atomic E-state index is 0.224. The summed E-state index contributed by atoms with van der Waals surface area (Å²) in [6.45, 7) is 1.90. The zero-order valence-electron chi connectivity index (χ0n) is 11.5. The topological polar surface area (TPSA) is 29.5 Å². The lowest BCUT2D eigenvalue weighted by Crippen LogP contribution is -2.13. The van der Waals surface area contributed by atoms with Gasteiger partial charge in [-0.05, 0) is 12.8 Å². The van der Waals surface area contributed by atoms with Crippen molar-refractivity contribution in [1.82, 2.24) is 0 Å². The number of aliphatic hydroxyl groups is 1. The molecule has 0 aliphatic heterocycles. The Morgan fingerprint density at radius 2 is 1.56 bits per heavy atom. The van der Waals surface area contributed by atoms with Gasteiger partial charge in [-0.15, -0.1) is 0 Å². The Morgan fingerprint density at radius 3 is 2.17 bits per heavy atom. The minimum atomic E-state index is -2.41. The van der Waals surface area contributed by atoms with Crippen LogP contribution in [0, 0.1) is 0 Å². The van der Waals surface area contributed by atoms with Crippen LogP contribution in [0.3, 0.4) is 0 Å². The van der Waals surface area contributed by atoms with Gasteiger partial charge in [-0.25, -0.2) is 8.78 Å². The number of ether oxygens (including phenoxy) is 1. The van der Waals surface area contributed by atoms with Gasteiger partial charge in [-0.2, -0.15) is 0 Å². The summed E-state index contributed by atoms with van der Waals surface area (Å²) in [6, 6.07) is 0. The Balaban J connectivity index is 3.14. The van der Waals surface area contributed by atoms with E-state index in [1.54, 1.807) is 0 Å². The van der Waals surface area contributed by atoms with Crippen LogP contribution in [0.15, 0.2) is 0 Å². The van der Waals surface area contributed by atoms with Crippen LogP contribution in [-0.2, 0) is 4.74 Å². The molecular formula is C14H28F2O2. The summed E-state index contributed by atoms with van der Waals surface area (Å²) in [5.41, 5.74) is 0. The van der Waals surface area contributed by atoms with E-state index in [0.717, 1.165) is 19.3 Å². The highest BCUT2D eigenvalue weighted by atomic mass is 19.3. The van der Waals surface area contributed by atoms with Crippen LogP contribution < -0.4 is 0 Å². The molecule has 0 radical (unpaired) electrons. The van der Waals surface area contributed by atoms with E-state index in [1.807, 2.05) is 0 Å². The fourth-order valence-electron chi connectivity index (χ4n) is 1.87. The Bertz CT molecular complexity index is 166. The molecule has 0 aromatic rings. The van der Waals surface area contributed by atoms with Gasteiger partial charge in [0.1, 0.15) is 6.61 Å². The van der Waals surface area contributed by atoms with Crippen molar-refractivity contribution in [1.29, 1.82) is 0 Å². The van der Waals surface area contributed by atoms with Crippen LogP contribution in [-0.4, -0.2) is 30.8 Å². The molecule has 0 bridgehead atoms.